The molecule has 238 valence electrons. The molecule has 4 aliphatic carbocycles. The van der Waals surface area contributed by atoms with Gasteiger partial charge in [-0.1, -0.05) is 17.7 Å². The van der Waals surface area contributed by atoms with Crippen molar-refractivity contribution < 1.29 is 29.0 Å². The van der Waals surface area contributed by atoms with Crippen molar-refractivity contribution in [2.75, 3.05) is 38.7 Å². The average molecular weight is 648 g/mol. The van der Waals surface area contributed by atoms with Crippen LogP contribution in [0, 0.1) is 23.7 Å². The molecule has 1 aromatic heterocycles. The van der Waals surface area contributed by atoms with Gasteiger partial charge in [0.25, 0.3) is 5.91 Å². The summed E-state index contributed by atoms with van der Waals surface area (Å²) in [4.78, 5) is 47.1. The van der Waals surface area contributed by atoms with Crippen LogP contribution in [0.5, 0.6) is 5.75 Å². The van der Waals surface area contributed by atoms with Crippen LogP contribution < -0.4 is 15.0 Å². The number of carbonyl (C=O) groups is 3. The Bertz CT molecular complexity index is 1390. The maximum absolute atomic E-state index is 13.9. The number of amides is 2. The Labute approximate surface area is 268 Å². The van der Waals surface area contributed by atoms with Crippen LogP contribution in [-0.4, -0.2) is 72.5 Å². The van der Waals surface area contributed by atoms with Gasteiger partial charge in [-0.3, -0.25) is 9.59 Å². The second kappa shape index (κ2) is 13.1. The topological polar surface area (TPSA) is 121 Å². The molecular weight excluding hydrogens is 607 g/mol. The fourth-order valence-electron chi connectivity index (χ4n) is 7.90. The van der Waals surface area contributed by atoms with E-state index in [9.17, 15) is 19.5 Å². The van der Waals surface area contributed by atoms with E-state index < -0.39 is 17.8 Å². The number of hydrogen-bond acceptors (Lipinski definition) is 7. The van der Waals surface area contributed by atoms with E-state index in [1.54, 1.807) is 35.2 Å². The lowest BCUT2D eigenvalue weighted by Gasteiger charge is -2.59. The summed E-state index contributed by atoms with van der Waals surface area (Å²) in [5, 5.41) is 13.2. The second-order valence-corrected chi connectivity index (χ2v) is 13.2. The summed E-state index contributed by atoms with van der Waals surface area (Å²) in [5.74, 6) is 0.976. The third-order valence-electron chi connectivity index (χ3n) is 9.60. The molecule has 5 aliphatic rings. The lowest BCUT2D eigenvalue weighted by Crippen LogP contribution is -2.68. The third-order valence-corrected chi connectivity index (χ3v) is 9.91. The van der Waals surface area contributed by atoms with Gasteiger partial charge in [0.05, 0.1) is 23.0 Å². The molecule has 1 saturated heterocycles. The molecule has 7 rings (SSSR count). The van der Waals surface area contributed by atoms with Gasteiger partial charge in [-0.25, -0.2) is 9.78 Å². The molecule has 4 bridgehead atoms. The van der Waals surface area contributed by atoms with Crippen molar-refractivity contribution in [3.05, 3.63) is 41.0 Å². The van der Waals surface area contributed by atoms with Gasteiger partial charge < -0.3 is 29.7 Å². The summed E-state index contributed by atoms with van der Waals surface area (Å²) in [5.41, 5.74) is 0.566. The molecule has 0 unspecified atom stereocenters. The highest BCUT2D eigenvalue weighted by molar-refractivity contribution is 6.32. The van der Waals surface area contributed by atoms with E-state index in [0.29, 0.717) is 59.1 Å². The first-order valence-electron chi connectivity index (χ1n) is 15.3. The first kappa shape index (κ1) is 32.3. The van der Waals surface area contributed by atoms with E-state index in [1.807, 2.05) is 14.1 Å². The molecule has 2 heterocycles. The fraction of sp³-hybridized carbons (Fsp3) is 0.562. The predicted molar refractivity (Wildman–Crippen MR) is 169 cm³/mol. The van der Waals surface area contributed by atoms with E-state index in [4.69, 9.17) is 26.1 Å². The van der Waals surface area contributed by atoms with Crippen molar-refractivity contribution in [1.29, 1.82) is 0 Å². The molecule has 4 saturated carbocycles. The molecule has 0 radical (unpaired) electrons. The van der Waals surface area contributed by atoms with Crippen LogP contribution >= 0.6 is 24.0 Å². The smallest absolute Gasteiger partial charge is 0.492 e. The van der Waals surface area contributed by atoms with E-state index in [2.05, 4.69) is 10.2 Å². The number of hydrogen-bond donors (Lipinski definition) is 2. The SMILES string of the molecule is CN(C)CCCOc1cc(-c2nc(C(=O)NC3(OC(=O)O)C4CC5CC(C4)CC3C5)ccc2N2CCCC2=O)ccc1Cl.Cl. The zero-order valence-electron chi connectivity index (χ0n) is 25.1. The second-order valence-electron chi connectivity index (χ2n) is 12.8. The number of pyridine rings is 1. The fourth-order valence-corrected chi connectivity index (χ4v) is 8.07. The Balaban J connectivity index is 0.00000384. The summed E-state index contributed by atoms with van der Waals surface area (Å²) in [6, 6.07) is 8.66. The summed E-state index contributed by atoms with van der Waals surface area (Å²) in [7, 11) is 4.00. The van der Waals surface area contributed by atoms with Crippen LogP contribution in [-0.2, 0) is 9.53 Å². The molecule has 0 spiro atoms. The Morgan fingerprint density at radius 1 is 1.11 bits per heavy atom. The first-order valence-corrected chi connectivity index (χ1v) is 15.6. The molecule has 2 aromatic rings. The predicted octanol–water partition coefficient (Wildman–Crippen LogP) is 5.86. The van der Waals surface area contributed by atoms with Crippen molar-refractivity contribution >= 4 is 47.7 Å². The quantitative estimate of drug-likeness (QED) is 0.187. The zero-order chi connectivity index (χ0) is 30.3. The monoisotopic (exact) mass is 646 g/mol. The summed E-state index contributed by atoms with van der Waals surface area (Å²) >= 11 is 6.48. The minimum absolute atomic E-state index is 0. The lowest BCUT2D eigenvalue weighted by molar-refractivity contribution is -0.191. The Kier molecular flexibility index (Phi) is 9.63. The van der Waals surface area contributed by atoms with Crippen LogP contribution in [0.4, 0.5) is 10.5 Å². The van der Waals surface area contributed by atoms with Crippen molar-refractivity contribution in [3.8, 4) is 17.0 Å². The standard InChI is InChI=1S/C32H39ClN4O6.ClH/c1-36(2)10-4-12-42-27-18-21(6-7-24(27)33)29-26(37-11-3-5-28(37)38)9-8-25(34-29)30(39)35-32(43-31(40)41)22-14-19-13-20(16-22)17-23(32)15-19;/h6-9,18-20,22-23H,3-5,10-17H2,1-2H3,(H,35,39)(H,40,41);1H. The minimum atomic E-state index is -1.39. The first-order chi connectivity index (χ1) is 20.6. The number of carbonyl (C=O) groups excluding carboxylic acids is 2. The van der Waals surface area contributed by atoms with E-state index in [0.717, 1.165) is 45.1 Å². The number of nitrogens with one attached hydrogen (secondary N) is 1. The molecule has 44 heavy (non-hydrogen) atoms. The van der Waals surface area contributed by atoms with E-state index in [1.165, 1.54) is 6.42 Å². The van der Waals surface area contributed by atoms with Gasteiger partial charge in [-0.15, -0.1) is 12.4 Å². The van der Waals surface area contributed by atoms with E-state index in [-0.39, 0.29) is 35.8 Å². The number of benzene rings is 1. The van der Waals surface area contributed by atoms with E-state index >= 15 is 0 Å². The van der Waals surface area contributed by atoms with Gasteiger partial charge in [0, 0.05) is 36.9 Å². The molecule has 10 nitrogen and oxygen atoms in total. The van der Waals surface area contributed by atoms with Crippen molar-refractivity contribution in [1.82, 2.24) is 15.2 Å². The summed E-state index contributed by atoms with van der Waals surface area (Å²) < 4.78 is 11.6. The molecule has 1 aromatic carbocycles. The summed E-state index contributed by atoms with van der Waals surface area (Å²) in [6.07, 6.45) is 5.17. The van der Waals surface area contributed by atoms with Crippen LogP contribution in [0.3, 0.4) is 0 Å². The number of aromatic nitrogens is 1. The highest BCUT2D eigenvalue weighted by atomic mass is 35.5. The largest absolute Gasteiger partial charge is 0.507 e. The molecule has 0 atom stereocenters. The normalized spacial score (nSPS) is 26.9. The Hall–Kier alpha value is -3.08. The van der Waals surface area contributed by atoms with Crippen molar-refractivity contribution in [2.24, 2.45) is 23.7 Å². The highest BCUT2D eigenvalue weighted by Crippen LogP contribution is 2.58. The van der Waals surface area contributed by atoms with Gasteiger partial charge in [0.15, 0.2) is 5.72 Å². The van der Waals surface area contributed by atoms with Crippen LogP contribution in [0.15, 0.2) is 30.3 Å². The number of nitrogens with zero attached hydrogens (tertiary/aromatic N) is 3. The van der Waals surface area contributed by atoms with Gasteiger partial charge in [0.1, 0.15) is 11.4 Å². The molecule has 12 heteroatoms. The highest BCUT2D eigenvalue weighted by Gasteiger charge is 2.61. The lowest BCUT2D eigenvalue weighted by atomic mass is 9.52. The maximum Gasteiger partial charge on any atom is 0.507 e. The van der Waals surface area contributed by atoms with Crippen molar-refractivity contribution in [3.63, 3.8) is 0 Å². The van der Waals surface area contributed by atoms with Crippen LogP contribution in [0.1, 0.15) is 61.9 Å². The maximum atomic E-state index is 13.9. The molecule has 2 amide bonds. The van der Waals surface area contributed by atoms with Gasteiger partial charge in [0.2, 0.25) is 5.91 Å². The number of rotatable bonds is 10. The van der Waals surface area contributed by atoms with Gasteiger partial charge in [-0.2, -0.15) is 0 Å². The summed E-state index contributed by atoms with van der Waals surface area (Å²) in [6.45, 7) is 1.90. The Morgan fingerprint density at radius 2 is 1.82 bits per heavy atom. The minimum Gasteiger partial charge on any atom is -0.492 e. The van der Waals surface area contributed by atoms with Gasteiger partial charge >= 0.3 is 6.16 Å². The van der Waals surface area contributed by atoms with Gasteiger partial charge in [-0.05, 0) is 95.1 Å². The number of carboxylic acid groups (broad SMARTS) is 1. The molecule has 1 aliphatic heterocycles. The Morgan fingerprint density at radius 3 is 2.43 bits per heavy atom. The third kappa shape index (κ3) is 6.34. The van der Waals surface area contributed by atoms with Crippen molar-refractivity contribution in [2.45, 2.75) is 57.1 Å². The molecule has 5 fully saturated rings. The number of halogens is 2. The van der Waals surface area contributed by atoms with Crippen LogP contribution in [0.25, 0.3) is 11.3 Å². The average Bonchev–Trinajstić information content (AvgIpc) is 3.39. The van der Waals surface area contributed by atoms with Crippen LogP contribution in [0.2, 0.25) is 5.02 Å². The molecular formula is C32H40Cl2N4O6. The zero-order valence-corrected chi connectivity index (χ0v) is 26.7. The number of ether oxygens (including phenoxy) is 2. The number of anilines is 1. The molecule has 2 N–H and O–H groups in total.